The number of piperidine rings is 1. The summed E-state index contributed by atoms with van der Waals surface area (Å²) in [5.41, 5.74) is 5.48. The van der Waals surface area contributed by atoms with Gasteiger partial charge in [0.2, 0.25) is 0 Å². The molecule has 3 aromatic rings. The maximum absolute atomic E-state index is 12.9. The van der Waals surface area contributed by atoms with Crippen LogP contribution in [0.2, 0.25) is 0 Å². The average molecular weight is 469 g/mol. The summed E-state index contributed by atoms with van der Waals surface area (Å²) in [6, 6.07) is 18.5. The molecule has 2 aromatic carbocycles. The zero-order valence-corrected chi connectivity index (χ0v) is 20.8. The average Bonchev–Trinajstić information content (AvgIpc) is 2.90. The number of ketones is 1. The van der Waals surface area contributed by atoms with Gasteiger partial charge in [-0.05, 0) is 56.4 Å². The molecule has 4 heteroatoms. The molecule has 1 aliphatic carbocycles. The van der Waals surface area contributed by atoms with E-state index in [1.165, 1.54) is 24.8 Å². The predicted molar refractivity (Wildman–Crippen MR) is 143 cm³/mol. The molecule has 1 saturated heterocycles. The Morgan fingerprint density at radius 3 is 2.66 bits per heavy atom. The number of hydrogen-bond acceptors (Lipinski definition) is 4. The summed E-state index contributed by atoms with van der Waals surface area (Å²) in [5, 5.41) is 1.12. The lowest BCUT2D eigenvalue weighted by Gasteiger charge is -2.28. The molecule has 0 atom stereocenters. The molecule has 5 rings (SSSR count). The van der Waals surface area contributed by atoms with Crippen LogP contribution in [0.15, 0.2) is 60.2 Å². The number of pyridine rings is 1. The van der Waals surface area contributed by atoms with E-state index >= 15 is 0 Å². The Morgan fingerprint density at radius 1 is 1.03 bits per heavy atom. The van der Waals surface area contributed by atoms with Gasteiger partial charge in [-0.3, -0.25) is 9.69 Å². The number of Topliss-reactive ketones (excluding diaryl/α,β-unsaturated/α-hetero) is 1. The van der Waals surface area contributed by atoms with Crippen molar-refractivity contribution in [3.63, 3.8) is 0 Å². The fourth-order valence-corrected chi connectivity index (χ4v) is 5.45. The fraction of sp³-hybridized carbons (Fsp3) is 0.419. The molecular formula is C31H36N2O2. The second-order valence-corrected chi connectivity index (χ2v) is 10.1. The van der Waals surface area contributed by atoms with Crippen LogP contribution in [-0.4, -0.2) is 41.9 Å². The van der Waals surface area contributed by atoms with Crippen molar-refractivity contribution in [3.05, 3.63) is 77.0 Å². The number of rotatable bonds is 7. The molecular weight excluding hydrogens is 432 g/mol. The van der Waals surface area contributed by atoms with E-state index in [9.17, 15) is 4.79 Å². The van der Waals surface area contributed by atoms with Crippen molar-refractivity contribution >= 4 is 22.8 Å². The van der Waals surface area contributed by atoms with Gasteiger partial charge in [0.25, 0.3) is 0 Å². The lowest BCUT2D eigenvalue weighted by molar-refractivity contribution is 0.0889. The number of carbonyl (C=O) groups is 1. The second kappa shape index (κ2) is 11.2. The first kappa shape index (κ1) is 23.7. The van der Waals surface area contributed by atoms with E-state index < -0.39 is 0 Å². The van der Waals surface area contributed by atoms with E-state index in [1.54, 1.807) is 0 Å². The standard InChI is InChI=1S/C31H36N2O2/c1-23-30(22-27-11-5-6-13-29(27)32-23)35-19-18-33-16-14-24(15-17-33)20-25-8-7-12-28(21-25)31(34)26-9-3-2-4-10-26/h5-8,11-13,20-22,26H,2-4,9-10,14-19H2,1H3. The van der Waals surface area contributed by atoms with E-state index in [2.05, 4.69) is 40.2 Å². The van der Waals surface area contributed by atoms with Gasteiger partial charge in [-0.2, -0.15) is 0 Å². The van der Waals surface area contributed by atoms with Crippen LogP contribution in [0, 0.1) is 12.8 Å². The van der Waals surface area contributed by atoms with Gasteiger partial charge >= 0.3 is 0 Å². The molecule has 1 aromatic heterocycles. The number of para-hydroxylation sites is 1. The number of aryl methyl sites for hydroxylation is 1. The van der Waals surface area contributed by atoms with Crippen LogP contribution in [0.4, 0.5) is 0 Å². The molecule has 2 heterocycles. The number of benzene rings is 2. The van der Waals surface area contributed by atoms with Gasteiger partial charge in [0.05, 0.1) is 11.2 Å². The van der Waals surface area contributed by atoms with Crippen molar-refractivity contribution in [2.75, 3.05) is 26.2 Å². The van der Waals surface area contributed by atoms with E-state index in [0.29, 0.717) is 12.4 Å². The summed E-state index contributed by atoms with van der Waals surface area (Å²) >= 11 is 0. The van der Waals surface area contributed by atoms with Crippen molar-refractivity contribution in [1.82, 2.24) is 9.88 Å². The molecule has 0 spiro atoms. The number of ether oxygens (including phenoxy) is 1. The summed E-state index contributed by atoms with van der Waals surface area (Å²) < 4.78 is 6.10. The summed E-state index contributed by atoms with van der Waals surface area (Å²) in [6.45, 7) is 5.70. The van der Waals surface area contributed by atoms with Crippen LogP contribution in [0.5, 0.6) is 5.75 Å². The number of nitrogens with zero attached hydrogens (tertiary/aromatic N) is 2. The Bertz CT molecular complexity index is 1200. The van der Waals surface area contributed by atoms with Gasteiger partial charge in [0.15, 0.2) is 5.78 Å². The SMILES string of the molecule is Cc1nc2ccccc2cc1OCCN1CCC(=Cc2cccc(C(=O)C3CCCCC3)c2)CC1. The molecule has 0 bridgehead atoms. The normalized spacial score (nSPS) is 17.5. The van der Waals surface area contributed by atoms with E-state index in [0.717, 1.165) is 78.8 Å². The van der Waals surface area contributed by atoms with Crippen molar-refractivity contribution in [1.29, 1.82) is 0 Å². The molecule has 2 fully saturated rings. The summed E-state index contributed by atoms with van der Waals surface area (Å²) in [4.78, 5) is 20.1. The van der Waals surface area contributed by atoms with Crippen LogP contribution >= 0.6 is 0 Å². The molecule has 2 aliphatic rings. The second-order valence-electron chi connectivity index (χ2n) is 10.1. The van der Waals surface area contributed by atoms with Crippen LogP contribution in [0.25, 0.3) is 17.0 Å². The summed E-state index contributed by atoms with van der Waals surface area (Å²) in [7, 11) is 0. The van der Waals surface area contributed by atoms with E-state index in [4.69, 9.17) is 4.74 Å². The Hall–Kier alpha value is -2.98. The van der Waals surface area contributed by atoms with Gasteiger partial charge < -0.3 is 4.74 Å². The lowest BCUT2D eigenvalue weighted by Crippen LogP contribution is -2.34. The molecule has 0 amide bonds. The molecule has 0 radical (unpaired) electrons. The summed E-state index contributed by atoms with van der Waals surface area (Å²) in [5.74, 6) is 1.45. The first-order valence-corrected chi connectivity index (χ1v) is 13.2. The van der Waals surface area contributed by atoms with Crippen molar-refractivity contribution < 1.29 is 9.53 Å². The molecule has 35 heavy (non-hydrogen) atoms. The minimum atomic E-state index is 0.228. The number of hydrogen-bond donors (Lipinski definition) is 0. The molecule has 182 valence electrons. The van der Waals surface area contributed by atoms with Crippen LogP contribution in [0.1, 0.15) is 66.6 Å². The Morgan fingerprint density at radius 2 is 1.83 bits per heavy atom. The smallest absolute Gasteiger partial charge is 0.165 e. The highest BCUT2D eigenvalue weighted by atomic mass is 16.5. The third kappa shape index (κ3) is 5.99. The first-order chi connectivity index (χ1) is 17.2. The number of aromatic nitrogens is 1. The van der Waals surface area contributed by atoms with Gasteiger partial charge in [-0.15, -0.1) is 0 Å². The van der Waals surface area contributed by atoms with Crippen molar-refractivity contribution in [3.8, 4) is 5.75 Å². The number of fused-ring (bicyclic) bond motifs is 1. The van der Waals surface area contributed by atoms with Gasteiger partial charge in [0, 0.05) is 36.5 Å². The molecule has 0 N–H and O–H groups in total. The fourth-order valence-electron chi connectivity index (χ4n) is 5.45. The number of carbonyl (C=O) groups excluding carboxylic acids is 1. The maximum atomic E-state index is 12.9. The third-order valence-electron chi connectivity index (χ3n) is 7.55. The van der Waals surface area contributed by atoms with Crippen molar-refractivity contribution in [2.24, 2.45) is 5.92 Å². The third-order valence-corrected chi connectivity index (χ3v) is 7.55. The predicted octanol–water partition coefficient (Wildman–Crippen LogP) is 6.86. The first-order valence-electron chi connectivity index (χ1n) is 13.2. The van der Waals surface area contributed by atoms with Gasteiger partial charge in [0.1, 0.15) is 12.4 Å². The maximum Gasteiger partial charge on any atom is 0.165 e. The molecule has 1 saturated carbocycles. The Labute approximate surface area is 209 Å². The highest BCUT2D eigenvalue weighted by Gasteiger charge is 2.22. The van der Waals surface area contributed by atoms with Crippen LogP contribution in [-0.2, 0) is 0 Å². The zero-order chi connectivity index (χ0) is 24.0. The van der Waals surface area contributed by atoms with E-state index in [1.807, 2.05) is 37.3 Å². The highest BCUT2D eigenvalue weighted by Crippen LogP contribution is 2.28. The van der Waals surface area contributed by atoms with E-state index in [-0.39, 0.29) is 5.92 Å². The topological polar surface area (TPSA) is 42.4 Å². The Kier molecular flexibility index (Phi) is 7.58. The highest BCUT2D eigenvalue weighted by molar-refractivity contribution is 5.98. The lowest BCUT2D eigenvalue weighted by atomic mass is 9.83. The monoisotopic (exact) mass is 468 g/mol. The minimum Gasteiger partial charge on any atom is -0.490 e. The molecule has 1 aliphatic heterocycles. The molecule has 4 nitrogen and oxygen atoms in total. The summed E-state index contributed by atoms with van der Waals surface area (Å²) in [6.07, 6.45) is 10.2. The van der Waals surface area contributed by atoms with Gasteiger partial charge in [-0.25, -0.2) is 4.98 Å². The van der Waals surface area contributed by atoms with Crippen LogP contribution in [0.3, 0.4) is 0 Å². The largest absolute Gasteiger partial charge is 0.490 e. The van der Waals surface area contributed by atoms with Gasteiger partial charge in [-0.1, -0.05) is 67.3 Å². The quantitative estimate of drug-likeness (QED) is 0.355. The molecule has 0 unspecified atom stereocenters. The van der Waals surface area contributed by atoms with Crippen LogP contribution < -0.4 is 4.74 Å². The van der Waals surface area contributed by atoms with Crippen molar-refractivity contribution in [2.45, 2.75) is 51.9 Å². The Balaban J connectivity index is 1.12. The zero-order valence-electron chi connectivity index (χ0n) is 20.8. The number of likely N-dealkylation sites (tertiary alicyclic amines) is 1. The minimum absolute atomic E-state index is 0.228.